The Labute approximate surface area is 184 Å². The molecule has 6 nitrogen and oxygen atoms in total. The van der Waals surface area contributed by atoms with Crippen molar-refractivity contribution in [1.82, 2.24) is 0 Å². The average molecular weight is 431 g/mol. The van der Waals surface area contributed by atoms with E-state index in [9.17, 15) is 14.4 Å². The number of methoxy groups -OCH3 is 1. The van der Waals surface area contributed by atoms with E-state index >= 15 is 0 Å². The molecule has 0 aromatic carbocycles. The number of ether oxygens (including phenoxy) is 3. The van der Waals surface area contributed by atoms with Crippen LogP contribution in [0.3, 0.4) is 0 Å². The highest BCUT2D eigenvalue weighted by Gasteiger charge is 2.79. The van der Waals surface area contributed by atoms with Crippen molar-refractivity contribution in [2.45, 2.75) is 95.9 Å². The van der Waals surface area contributed by atoms with Crippen molar-refractivity contribution in [2.75, 3.05) is 7.11 Å². The first kappa shape index (κ1) is 21.2. The van der Waals surface area contributed by atoms with Crippen molar-refractivity contribution in [2.24, 2.45) is 22.7 Å². The Morgan fingerprint density at radius 1 is 1.19 bits per heavy atom. The summed E-state index contributed by atoms with van der Waals surface area (Å²) in [6.07, 6.45) is 8.20. The molecule has 1 spiro atoms. The molecule has 5 aliphatic rings. The van der Waals surface area contributed by atoms with E-state index in [1.165, 1.54) is 7.11 Å². The zero-order valence-corrected chi connectivity index (χ0v) is 19.1. The van der Waals surface area contributed by atoms with Gasteiger partial charge in [0.05, 0.1) is 19.1 Å². The first-order chi connectivity index (χ1) is 14.6. The highest BCUT2D eigenvalue weighted by molar-refractivity contribution is 5.92. The molecule has 0 aromatic heterocycles. The Balaban J connectivity index is 1.58. The van der Waals surface area contributed by atoms with Crippen LogP contribution in [0.15, 0.2) is 11.6 Å². The molecule has 4 fully saturated rings. The van der Waals surface area contributed by atoms with Crippen LogP contribution in [-0.4, -0.2) is 42.1 Å². The van der Waals surface area contributed by atoms with Gasteiger partial charge in [-0.25, -0.2) is 0 Å². The van der Waals surface area contributed by atoms with Crippen LogP contribution in [0.1, 0.15) is 78.6 Å². The fraction of sp³-hybridized carbons (Fsp3) is 0.800. The first-order valence-electron chi connectivity index (χ1n) is 11.9. The molecule has 6 heteroatoms. The second-order valence-corrected chi connectivity index (χ2v) is 11.0. The summed E-state index contributed by atoms with van der Waals surface area (Å²) in [5, 5.41) is 0. The Kier molecular flexibility index (Phi) is 4.55. The number of epoxide rings is 1. The Morgan fingerprint density at radius 3 is 2.61 bits per heavy atom. The topological polar surface area (TPSA) is 82.2 Å². The number of esters is 2. The Bertz CT molecular complexity index is 877. The summed E-state index contributed by atoms with van der Waals surface area (Å²) in [7, 11) is 1.44. The molecule has 2 saturated heterocycles. The molecule has 0 unspecified atom stereocenters. The molecule has 2 heterocycles. The molecule has 3 aliphatic carbocycles. The fourth-order valence-corrected chi connectivity index (χ4v) is 7.96. The van der Waals surface area contributed by atoms with E-state index in [2.05, 4.69) is 20.8 Å². The van der Waals surface area contributed by atoms with Gasteiger partial charge in [-0.3, -0.25) is 14.4 Å². The minimum absolute atomic E-state index is 0.00733. The maximum atomic E-state index is 13.0. The number of hydrogen-bond acceptors (Lipinski definition) is 6. The number of ketones is 1. The van der Waals surface area contributed by atoms with E-state index in [1.54, 1.807) is 6.08 Å². The number of hydrogen-bond donors (Lipinski definition) is 0. The predicted molar refractivity (Wildman–Crippen MR) is 112 cm³/mol. The summed E-state index contributed by atoms with van der Waals surface area (Å²) < 4.78 is 17.9. The lowest BCUT2D eigenvalue weighted by Crippen LogP contribution is -2.61. The zero-order chi connectivity index (χ0) is 22.2. The van der Waals surface area contributed by atoms with Gasteiger partial charge in [-0.2, -0.15) is 0 Å². The van der Waals surface area contributed by atoms with Crippen molar-refractivity contribution in [3.05, 3.63) is 11.6 Å². The average Bonchev–Trinajstić information content (AvgIpc) is 3.34. The van der Waals surface area contributed by atoms with Crippen molar-refractivity contribution < 1.29 is 28.6 Å². The standard InChI is InChI=1S/C25H34O6/c1-5-8-24(10-7-20(27)31-24)22(2)13-18-17(21(28)29-4)12-15-11-16(26)6-9-23(15,3)25(18)19(14-22)30-25/h11,17-19H,5-10,12-14H2,1-4H3/t17-,18-,19-,22-,23+,24-,25+/m1/s1. The van der Waals surface area contributed by atoms with Crippen molar-refractivity contribution in [3.63, 3.8) is 0 Å². The maximum absolute atomic E-state index is 13.0. The molecular formula is C25H34O6. The molecule has 2 saturated carbocycles. The van der Waals surface area contributed by atoms with Gasteiger partial charge >= 0.3 is 11.9 Å². The Hall–Kier alpha value is -1.69. The van der Waals surface area contributed by atoms with Crippen molar-refractivity contribution >= 4 is 17.7 Å². The van der Waals surface area contributed by atoms with Crippen LogP contribution in [0.5, 0.6) is 0 Å². The number of rotatable bonds is 4. The van der Waals surface area contributed by atoms with Gasteiger partial charge in [0.2, 0.25) is 0 Å². The third kappa shape index (κ3) is 2.63. The number of allylic oxidation sites excluding steroid dienone is 1. The van der Waals surface area contributed by atoms with Gasteiger partial charge in [0.1, 0.15) is 11.2 Å². The van der Waals surface area contributed by atoms with Crippen LogP contribution in [0.2, 0.25) is 0 Å². The van der Waals surface area contributed by atoms with E-state index in [1.807, 2.05) is 0 Å². The summed E-state index contributed by atoms with van der Waals surface area (Å²) in [5.41, 5.74) is -0.341. The summed E-state index contributed by atoms with van der Waals surface area (Å²) in [6.45, 7) is 6.60. The van der Waals surface area contributed by atoms with Crippen LogP contribution in [0, 0.1) is 22.7 Å². The summed E-state index contributed by atoms with van der Waals surface area (Å²) in [5.74, 6) is -0.539. The van der Waals surface area contributed by atoms with Gasteiger partial charge in [-0.1, -0.05) is 32.8 Å². The molecule has 0 bridgehead atoms. The molecule has 170 valence electrons. The monoisotopic (exact) mass is 430 g/mol. The normalized spacial score (nSPS) is 48.1. The van der Waals surface area contributed by atoms with Crippen LogP contribution >= 0.6 is 0 Å². The van der Waals surface area contributed by atoms with Crippen LogP contribution in [-0.2, 0) is 28.6 Å². The smallest absolute Gasteiger partial charge is 0.309 e. The zero-order valence-electron chi connectivity index (χ0n) is 19.1. The molecule has 7 atom stereocenters. The van der Waals surface area contributed by atoms with Gasteiger partial charge in [-0.05, 0) is 44.6 Å². The van der Waals surface area contributed by atoms with Crippen LogP contribution in [0.25, 0.3) is 0 Å². The predicted octanol–water partition coefficient (Wildman–Crippen LogP) is 3.90. The largest absolute Gasteiger partial charge is 0.469 e. The molecule has 0 radical (unpaired) electrons. The lowest BCUT2D eigenvalue weighted by molar-refractivity contribution is -0.173. The van der Waals surface area contributed by atoms with Gasteiger partial charge in [0.25, 0.3) is 0 Å². The fourth-order valence-electron chi connectivity index (χ4n) is 7.96. The van der Waals surface area contributed by atoms with E-state index in [-0.39, 0.29) is 46.5 Å². The molecule has 0 amide bonds. The highest BCUT2D eigenvalue weighted by Crippen LogP contribution is 2.74. The molecule has 0 N–H and O–H groups in total. The Morgan fingerprint density at radius 2 is 1.97 bits per heavy atom. The lowest BCUT2D eigenvalue weighted by atomic mass is 9.45. The van der Waals surface area contributed by atoms with Gasteiger partial charge in [0.15, 0.2) is 5.78 Å². The highest BCUT2D eigenvalue weighted by atomic mass is 16.6. The molecule has 0 aromatic rings. The molecule has 31 heavy (non-hydrogen) atoms. The molecule has 2 aliphatic heterocycles. The summed E-state index contributed by atoms with van der Waals surface area (Å²) in [4.78, 5) is 37.4. The second kappa shape index (κ2) is 6.66. The second-order valence-electron chi connectivity index (χ2n) is 11.0. The lowest BCUT2D eigenvalue weighted by Gasteiger charge is -2.57. The minimum atomic E-state index is -0.489. The first-order valence-corrected chi connectivity index (χ1v) is 11.9. The number of carbonyl (C=O) groups excluding carboxylic acids is 3. The third-order valence-electron chi connectivity index (χ3n) is 9.62. The minimum Gasteiger partial charge on any atom is -0.469 e. The molecular weight excluding hydrogens is 396 g/mol. The summed E-state index contributed by atoms with van der Waals surface area (Å²) >= 11 is 0. The number of cyclic esters (lactones) is 1. The maximum Gasteiger partial charge on any atom is 0.309 e. The van der Waals surface area contributed by atoms with Crippen molar-refractivity contribution in [3.8, 4) is 0 Å². The molecule has 5 rings (SSSR count). The van der Waals surface area contributed by atoms with Crippen molar-refractivity contribution in [1.29, 1.82) is 0 Å². The van der Waals surface area contributed by atoms with Crippen LogP contribution in [0.4, 0.5) is 0 Å². The van der Waals surface area contributed by atoms with Gasteiger partial charge < -0.3 is 14.2 Å². The quantitative estimate of drug-likeness (QED) is 0.497. The number of fused-ring (bicyclic) bond motifs is 1. The summed E-state index contributed by atoms with van der Waals surface area (Å²) in [6, 6.07) is 0. The van der Waals surface area contributed by atoms with Crippen LogP contribution < -0.4 is 0 Å². The van der Waals surface area contributed by atoms with Gasteiger partial charge in [0, 0.05) is 29.6 Å². The van der Waals surface area contributed by atoms with E-state index < -0.39 is 11.2 Å². The number of carbonyl (C=O) groups is 3. The van der Waals surface area contributed by atoms with E-state index in [4.69, 9.17) is 14.2 Å². The van der Waals surface area contributed by atoms with E-state index in [0.717, 1.165) is 44.1 Å². The van der Waals surface area contributed by atoms with E-state index in [0.29, 0.717) is 19.3 Å². The third-order valence-corrected chi connectivity index (χ3v) is 9.62. The van der Waals surface area contributed by atoms with Gasteiger partial charge in [-0.15, -0.1) is 0 Å². The SMILES string of the molecule is CCC[C@]1([C@]2(C)C[C@@H]3[C@H](C(=O)OC)CC4=CC(=O)CC[C@]4(C)[C@]34O[C@@H]4C2)CCC(=O)O1.